The summed E-state index contributed by atoms with van der Waals surface area (Å²) in [6.07, 6.45) is 3.15. The zero-order valence-electron chi connectivity index (χ0n) is 18.7. The minimum Gasteiger partial charge on any atom is -0.466 e. The van der Waals surface area contributed by atoms with Crippen LogP contribution in [0.5, 0.6) is 0 Å². The standard InChI is InChI=1S/C23H26BrFN4O4S/c1-32-23(31)19-18(13-29-7-9-33-15(12-29)3-2-8-30)27-21(22-26-6-10-34-22)28-20(19)16-5-4-14(25)11-17(16)24/h4-6,10-11,15,20,30H,2-3,7-9,12-13H2,1H3,(H,27,28)/t15-,20+/m1/s1. The van der Waals surface area contributed by atoms with Crippen LogP contribution in [-0.2, 0) is 14.3 Å². The number of benzene rings is 1. The van der Waals surface area contributed by atoms with Gasteiger partial charge in [-0.15, -0.1) is 11.3 Å². The Morgan fingerprint density at radius 1 is 1.47 bits per heavy atom. The lowest BCUT2D eigenvalue weighted by Gasteiger charge is -2.35. The molecule has 1 fully saturated rings. The van der Waals surface area contributed by atoms with Gasteiger partial charge < -0.3 is 19.9 Å². The molecule has 4 rings (SSSR count). The number of nitrogens with zero attached hydrogens (tertiary/aromatic N) is 3. The van der Waals surface area contributed by atoms with Crippen molar-refractivity contribution >= 4 is 39.1 Å². The number of aliphatic hydroxyl groups is 1. The fourth-order valence-corrected chi connectivity index (χ4v) is 5.26. The number of ether oxygens (including phenoxy) is 2. The first-order valence-corrected chi connectivity index (χ1v) is 12.6. The quantitative estimate of drug-likeness (QED) is 0.486. The summed E-state index contributed by atoms with van der Waals surface area (Å²) in [6.45, 7) is 2.51. The maximum absolute atomic E-state index is 13.8. The third-order valence-electron chi connectivity index (χ3n) is 5.71. The molecule has 2 aliphatic heterocycles. The van der Waals surface area contributed by atoms with Crippen molar-refractivity contribution in [1.29, 1.82) is 0 Å². The van der Waals surface area contributed by atoms with Crippen molar-refractivity contribution < 1.29 is 23.8 Å². The van der Waals surface area contributed by atoms with Gasteiger partial charge in [0, 0.05) is 48.0 Å². The number of amidine groups is 1. The van der Waals surface area contributed by atoms with Crippen molar-refractivity contribution in [3.05, 3.63) is 61.9 Å². The Balaban J connectivity index is 1.72. The normalized spacial score (nSPS) is 21.2. The Bertz CT molecular complexity index is 1080. The molecule has 2 aliphatic rings. The molecule has 1 aromatic carbocycles. The molecule has 34 heavy (non-hydrogen) atoms. The average Bonchev–Trinajstić information content (AvgIpc) is 3.37. The molecule has 0 bridgehead atoms. The number of aromatic nitrogens is 1. The van der Waals surface area contributed by atoms with E-state index < -0.39 is 12.0 Å². The van der Waals surface area contributed by atoms with Crippen LogP contribution in [0.1, 0.15) is 29.5 Å². The Hall–Kier alpha value is -2.18. The molecule has 11 heteroatoms. The van der Waals surface area contributed by atoms with E-state index in [4.69, 9.17) is 19.6 Å². The van der Waals surface area contributed by atoms with E-state index in [0.29, 0.717) is 64.8 Å². The minimum absolute atomic E-state index is 0.0146. The van der Waals surface area contributed by atoms with E-state index in [-0.39, 0.29) is 18.5 Å². The number of nitrogens with one attached hydrogen (secondary N) is 1. The van der Waals surface area contributed by atoms with E-state index in [1.807, 2.05) is 5.38 Å². The number of methoxy groups -OCH3 is 1. The molecule has 2 atom stereocenters. The summed E-state index contributed by atoms with van der Waals surface area (Å²) in [5.41, 5.74) is 1.68. The van der Waals surface area contributed by atoms with Gasteiger partial charge >= 0.3 is 5.97 Å². The number of thiazole rings is 1. The van der Waals surface area contributed by atoms with E-state index in [9.17, 15) is 9.18 Å². The maximum Gasteiger partial charge on any atom is 0.338 e. The molecule has 182 valence electrons. The SMILES string of the molecule is COC(=O)C1=C(CN2CCO[C@H](CCCO)C2)NC(c2nccs2)=N[C@H]1c1ccc(F)cc1Br. The number of hydrogen-bond donors (Lipinski definition) is 2. The lowest BCUT2D eigenvalue weighted by molar-refractivity contribution is -0.136. The molecule has 0 amide bonds. The van der Waals surface area contributed by atoms with Gasteiger partial charge in [-0.2, -0.15) is 0 Å². The molecule has 8 nitrogen and oxygen atoms in total. The van der Waals surface area contributed by atoms with Crippen molar-refractivity contribution in [3.8, 4) is 0 Å². The van der Waals surface area contributed by atoms with Crippen molar-refractivity contribution in [2.75, 3.05) is 40.0 Å². The summed E-state index contributed by atoms with van der Waals surface area (Å²) in [5, 5.41) is 15.0. The third-order valence-corrected chi connectivity index (χ3v) is 7.18. The monoisotopic (exact) mass is 552 g/mol. The van der Waals surface area contributed by atoms with E-state index in [2.05, 4.69) is 31.1 Å². The van der Waals surface area contributed by atoms with Gasteiger partial charge in [0.2, 0.25) is 0 Å². The van der Waals surface area contributed by atoms with Gasteiger partial charge in [0.05, 0.1) is 25.4 Å². The second-order valence-corrected chi connectivity index (χ2v) is 9.73. The predicted molar refractivity (Wildman–Crippen MR) is 130 cm³/mol. The fourth-order valence-electron chi connectivity index (χ4n) is 4.11. The van der Waals surface area contributed by atoms with Crippen molar-refractivity contribution in [2.45, 2.75) is 25.0 Å². The fraction of sp³-hybridized carbons (Fsp3) is 0.435. The Morgan fingerprint density at radius 2 is 2.32 bits per heavy atom. The summed E-state index contributed by atoms with van der Waals surface area (Å²) in [4.78, 5) is 24.4. The Morgan fingerprint density at radius 3 is 3.03 bits per heavy atom. The molecule has 0 spiro atoms. The highest BCUT2D eigenvalue weighted by Gasteiger charge is 2.35. The van der Waals surface area contributed by atoms with Gasteiger partial charge in [0.15, 0.2) is 10.8 Å². The van der Waals surface area contributed by atoms with Crippen LogP contribution >= 0.6 is 27.3 Å². The number of hydrogen-bond acceptors (Lipinski definition) is 9. The number of aliphatic imine (C=N–C) groups is 1. The molecular weight excluding hydrogens is 527 g/mol. The second-order valence-electron chi connectivity index (χ2n) is 7.99. The molecule has 0 unspecified atom stereocenters. The highest BCUT2D eigenvalue weighted by atomic mass is 79.9. The van der Waals surface area contributed by atoms with Gasteiger partial charge in [0.25, 0.3) is 0 Å². The molecule has 1 aromatic heterocycles. The molecule has 2 N–H and O–H groups in total. The number of rotatable bonds is 8. The molecule has 0 aliphatic carbocycles. The van der Waals surface area contributed by atoms with Crippen LogP contribution in [0, 0.1) is 5.82 Å². The third kappa shape index (κ3) is 5.72. The lowest BCUT2D eigenvalue weighted by atomic mass is 9.95. The first-order valence-electron chi connectivity index (χ1n) is 11.0. The predicted octanol–water partition coefficient (Wildman–Crippen LogP) is 3.04. The van der Waals surface area contributed by atoms with Crippen LogP contribution in [0.2, 0.25) is 0 Å². The smallest absolute Gasteiger partial charge is 0.338 e. The summed E-state index contributed by atoms with van der Waals surface area (Å²) in [6, 6.07) is 3.63. The van der Waals surface area contributed by atoms with Crippen LogP contribution in [0.25, 0.3) is 0 Å². The van der Waals surface area contributed by atoms with Crippen LogP contribution < -0.4 is 5.32 Å². The lowest BCUT2D eigenvalue weighted by Crippen LogP contribution is -2.46. The summed E-state index contributed by atoms with van der Waals surface area (Å²) in [7, 11) is 1.34. The van der Waals surface area contributed by atoms with Crippen LogP contribution in [0.15, 0.2) is 50.5 Å². The Labute approximate surface area is 209 Å². The van der Waals surface area contributed by atoms with Crippen LogP contribution in [0.4, 0.5) is 4.39 Å². The van der Waals surface area contributed by atoms with E-state index in [0.717, 1.165) is 6.42 Å². The molecule has 0 saturated carbocycles. The second kappa shape index (κ2) is 11.5. The summed E-state index contributed by atoms with van der Waals surface area (Å²) < 4.78 is 25.3. The number of carbonyl (C=O) groups excluding carboxylic acids is 1. The van der Waals surface area contributed by atoms with E-state index in [1.165, 1.54) is 30.6 Å². The highest BCUT2D eigenvalue weighted by Crippen LogP contribution is 2.37. The largest absolute Gasteiger partial charge is 0.466 e. The van der Waals surface area contributed by atoms with Crippen molar-refractivity contribution in [1.82, 2.24) is 15.2 Å². The van der Waals surface area contributed by atoms with Crippen molar-refractivity contribution in [3.63, 3.8) is 0 Å². The first kappa shape index (κ1) is 24.9. The van der Waals surface area contributed by atoms with E-state index >= 15 is 0 Å². The molecule has 1 saturated heterocycles. The van der Waals surface area contributed by atoms with Gasteiger partial charge in [-0.05, 0) is 30.5 Å². The molecular formula is C23H26BrFN4O4S. The first-order chi connectivity index (χ1) is 16.5. The van der Waals surface area contributed by atoms with Gasteiger partial charge in [-0.25, -0.2) is 14.2 Å². The zero-order valence-corrected chi connectivity index (χ0v) is 21.1. The topological polar surface area (TPSA) is 96.3 Å². The number of halogens is 2. The number of carbonyl (C=O) groups is 1. The van der Waals surface area contributed by atoms with Crippen molar-refractivity contribution in [2.24, 2.45) is 4.99 Å². The number of aliphatic hydroxyl groups excluding tert-OH is 1. The van der Waals surface area contributed by atoms with Crippen LogP contribution in [0.3, 0.4) is 0 Å². The summed E-state index contributed by atoms with van der Waals surface area (Å²) in [5.74, 6) is -0.348. The Kier molecular flexibility index (Phi) is 8.43. The zero-order chi connectivity index (χ0) is 24.1. The maximum atomic E-state index is 13.8. The molecule has 3 heterocycles. The van der Waals surface area contributed by atoms with E-state index in [1.54, 1.807) is 12.3 Å². The minimum atomic E-state index is -0.705. The van der Waals surface area contributed by atoms with Gasteiger partial charge in [0.1, 0.15) is 11.9 Å². The van der Waals surface area contributed by atoms with Gasteiger partial charge in [-0.1, -0.05) is 22.0 Å². The average molecular weight is 553 g/mol. The van der Waals surface area contributed by atoms with Crippen LogP contribution in [-0.4, -0.2) is 72.9 Å². The molecule has 0 radical (unpaired) electrons. The number of esters is 1. The van der Waals surface area contributed by atoms with Gasteiger partial charge in [-0.3, -0.25) is 9.89 Å². The highest BCUT2D eigenvalue weighted by molar-refractivity contribution is 9.10. The molecule has 2 aromatic rings. The number of morpholine rings is 1. The summed E-state index contributed by atoms with van der Waals surface area (Å²) >= 11 is 4.87.